The predicted molar refractivity (Wildman–Crippen MR) is 92.5 cm³/mol. The fourth-order valence-corrected chi connectivity index (χ4v) is 3.18. The van der Waals surface area contributed by atoms with Crippen LogP contribution in [-0.2, 0) is 0 Å². The van der Waals surface area contributed by atoms with Crippen LogP contribution in [0.2, 0.25) is 0 Å². The van der Waals surface area contributed by atoms with Gasteiger partial charge in [-0.25, -0.2) is 4.79 Å². The number of anilines is 1. The maximum atomic E-state index is 11.5. The van der Waals surface area contributed by atoms with Gasteiger partial charge in [0, 0.05) is 12.1 Å². The standard InChI is InChI=1S/C15H21BrN4O4/c1-2-24-14-10(12(17)21)7-11(16)13(20-14)18-8-3-5-9(6-4-8)19-15(22)23/h7-9,19H,2-6H2,1H3,(H2,17,21)(H,18,20)(H,22,23)/t8-,9-. The average Bonchev–Trinajstić information content (AvgIpc) is 2.51. The lowest BCUT2D eigenvalue weighted by atomic mass is 9.91. The van der Waals surface area contributed by atoms with Crippen LogP contribution in [0.25, 0.3) is 0 Å². The lowest BCUT2D eigenvalue weighted by molar-refractivity contribution is 0.0995. The highest BCUT2D eigenvalue weighted by molar-refractivity contribution is 9.10. The number of carbonyl (C=O) groups is 2. The molecule has 5 N–H and O–H groups in total. The normalized spacial score (nSPS) is 20.2. The molecule has 0 saturated heterocycles. The summed E-state index contributed by atoms with van der Waals surface area (Å²) in [6.45, 7) is 2.18. The van der Waals surface area contributed by atoms with Crippen molar-refractivity contribution in [2.45, 2.75) is 44.7 Å². The zero-order valence-corrected chi connectivity index (χ0v) is 14.9. The summed E-state index contributed by atoms with van der Waals surface area (Å²) < 4.78 is 6.03. The van der Waals surface area contributed by atoms with Gasteiger partial charge >= 0.3 is 6.09 Å². The molecule has 0 atom stereocenters. The molecule has 0 bridgehead atoms. The van der Waals surface area contributed by atoms with Crippen LogP contribution < -0.4 is 21.1 Å². The van der Waals surface area contributed by atoms with E-state index in [1.54, 1.807) is 13.0 Å². The fraction of sp³-hybridized carbons (Fsp3) is 0.533. The first-order valence-corrected chi connectivity index (χ1v) is 8.59. The van der Waals surface area contributed by atoms with Crippen molar-refractivity contribution in [2.75, 3.05) is 11.9 Å². The van der Waals surface area contributed by atoms with E-state index in [1.807, 2.05) is 0 Å². The molecule has 1 aromatic rings. The number of hydrogen-bond acceptors (Lipinski definition) is 5. The van der Waals surface area contributed by atoms with E-state index in [0.29, 0.717) is 16.9 Å². The minimum atomic E-state index is -0.987. The first-order valence-electron chi connectivity index (χ1n) is 7.79. The Labute approximate surface area is 148 Å². The molecule has 9 heteroatoms. The Balaban J connectivity index is 2.06. The van der Waals surface area contributed by atoms with Gasteiger partial charge in [0.25, 0.3) is 5.91 Å². The Morgan fingerprint density at radius 2 is 2.00 bits per heavy atom. The Morgan fingerprint density at radius 1 is 1.38 bits per heavy atom. The van der Waals surface area contributed by atoms with Crippen molar-refractivity contribution in [3.8, 4) is 5.88 Å². The highest BCUT2D eigenvalue weighted by atomic mass is 79.9. The highest BCUT2D eigenvalue weighted by Gasteiger charge is 2.24. The van der Waals surface area contributed by atoms with E-state index < -0.39 is 12.0 Å². The van der Waals surface area contributed by atoms with Crippen molar-refractivity contribution in [2.24, 2.45) is 5.73 Å². The molecular formula is C15H21BrN4O4. The minimum Gasteiger partial charge on any atom is -0.477 e. The molecule has 0 spiro atoms. The van der Waals surface area contributed by atoms with E-state index >= 15 is 0 Å². The van der Waals surface area contributed by atoms with Crippen molar-refractivity contribution in [1.29, 1.82) is 0 Å². The van der Waals surface area contributed by atoms with Crippen molar-refractivity contribution >= 4 is 33.7 Å². The SMILES string of the molecule is CCOc1nc(N[C@H]2CC[C@H](NC(=O)O)CC2)c(Br)cc1C(N)=O. The van der Waals surface area contributed by atoms with E-state index in [4.69, 9.17) is 15.6 Å². The summed E-state index contributed by atoms with van der Waals surface area (Å²) in [5.41, 5.74) is 5.57. The monoisotopic (exact) mass is 400 g/mol. The number of primary amides is 1. The smallest absolute Gasteiger partial charge is 0.404 e. The fourth-order valence-electron chi connectivity index (χ4n) is 2.75. The van der Waals surface area contributed by atoms with Crippen LogP contribution in [0, 0.1) is 0 Å². The number of ether oxygens (including phenoxy) is 1. The first kappa shape index (κ1) is 18.3. The van der Waals surface area contributed by atoms with Crippen LogP contribution in [0.5, 0.6) is 5.88 Å². The summed E-state index contributed by atoms with van der Waals surface area (Å²) in [6, 6.07) is 1.77. The van der Waals surface area contributed by atoms with Gasteiger partial charge < -0.3 is 26.2 Å². The second kappa shape index (κ2) is 8.18. The van der Waals surface area contributed by atoms with Crippen LogP contribution in [0.15, 0.2) is 10.5 Å². The molecule has 1 heterocycles. The number of nitrogens with zero attached hydrogens (tertiary/aromatic N) is 1. The quantitative estimate of drug-likeness (QED) is 0.580. The van der Waals surface area contributed by atoms with Crippen LogP contribution in [-0.4, -0.2) is 40.8 Å². The lowest BCUT2D eigenvalue weighted by Gasteiger charge is -2.29. The van der Waals surface area contributed by atoms with E-state index in [-0.39, 0.29) is 23.5 Å². The van der Waals surface area contributed by atoms with Gasteiger partial charge in [-0.2, -0.15) is 4.98 Å². The van der Waals surface area contributed by atoms with Gasteiger partial charge in [-0.15, -0.1) is 0 Å². The lowest BCUT2D eigenvalue weighted by Crippen LogP contribution is -2.39. The van der Waals surface area contributed by atoms with E-state index in [0.717, 1.165) is 25.7 Å². The Morgan fingerprint density at radius 3 is 2.54 bits per heavy atom. The molecule has 1 saturated carbocycles. The van der Waals surface area contributed by atoms with Gasteiger partial charge in [0.05, 0.1) is 11.1 Å². The van der Waals surface area contributed by atoms with E-state index in [2.05, 4.69) is 31.5 Å². The number of amides is 2. The van der Waals surface area contributed by atoms with Gasteiger partial charge in [-0.1, -0.05) is 0 Å². The molecule has 132 valence electrons. The van der Waals surface area contributed by atoms with Crippen molar-refractivity contribution in [3.05, 3.63) is 16.1 Å². The van der Waals surface area contributed by atoms with Gasteiger partial charge in [0.2, 0.25) is 5.88 Å². The molecule has 1 aliphatic rings. The number of carbonyl (C=O) groups excluding carboxylic acids is 1. The zero-order chi connectivity index (χ0) is 17.7. The Hall–Kier alpha value is -2.03. The Kier molecular flexibility index (Phi) is 6.24. The minimum absolute atomic E-state index is 0.00632. The van der Waals surface area contributed by atoms with Crippen molar-refractivity contribution in [1.82, 2.24) is 10.3 Å². The summed E-state index contributed by atoms with van der Waals surface area (Å²) in [5.74, 6) is 0.188. The number of nitrogens with two attached hydrogens (primary N) is 1. The molecule has 1 aromatic heterocycles. The molecule has 2 amide bonds. The third-order valence-electron chi connectivity index (χ3n) is 3.88. The van der Waals surface area contributed by atoms with Crippen LogP contribution in [0.4, 0.5) is 10.6 Å². The summed E-state index contributed by atoms with van der Waals surface area (Å²) in [6.07, 6.45) is 2.18. The average molecular weight is 401 g/mol. The predicted octanol–water partition coefficient (Wildman–Crippen LogP) is 2.33. The summed E-state index contributed by atoms with van der Waals surface area (Å²) >= 11 is 3.39. The third kappa shape index (κ3) is 4.73. The third-order valence-corrected chi connectivity index (χ3v) is 4.49. The second-order valence-corrected chi connectivity index (χ2v) is 6.47. The van der Waals surface area contributed by atoms with Crippen molar-refractivity contribution < 1.29 is 19.4 Å². The number of carboxylic acid groups (broad SMARTS) is 1. The van der Waals surface area contributed by atoms with Gasteiger partial charge in [0.1, 0.15) is 11.4 Å². The second-order valence-electron chi connectivity index (χ2n) is 5.61. The van der Waals surface area contributed by atoms with Gasteiger partial charge in [-0.3, -0.25) is 4.79 Å². The molecule has 8 nitrogen and oxygen atoms in total. The molecule has 24 heavy (non-hydrogen) atoms. The topological polar surface area (TPSA) is 127 Å². The number of pyridine rings is 1. The summed E-state index contributed by atoms with van der Waals surface area (Å²) in [5, 5.41) is 14.6. The molecule has 0 unspecified atom stereocenters. The largest absolute Gasteiger partial charge is 0.477 e. The number of rotatable bonds is 6. The Bertz CT molecular complexity index is 618. The first-order chi connectivity index (χ1) is 11.4. The van der Waals surface area contributed by atoms with Crippen LogP contribution >= 0.6 is 15.9 Å². The molecule has 1 fully saturated rings. The van der Waals surface area contributed by atoms with Gasteiger partial charge in [0.15, 0.2) is 0 Å². The molecule has 0 aliphatic heterocycles. The maximum Gasteiger partial charge on any atom is 0.404 e. The zero-order valence-electron chi connectivity index (χ0n) is 13.3. The molecule has 2 rings (SSSR count). The summed E-state index contributed by atoms with van der Waals surface area (Å²) in [4.78, 5) is 26.5. The summed E-state index contributed by atoms with van der Waals surface area (Å²) in [7, 11) is 0. The maximum absolute atomic E-state index is 11.5. The number of aromatic nitrogens is 1. The molecule has 1 aliphatic carbocycles. The molecule has 0 aromatic carbocycles. The number of hydrogen-bond donors (Lipinski definition) is 4. The number of halogens is 1. The van der Waals surface area contributed by atoms with Crippen LogP contribution in [0.1, 0.15) is 43.0 Å². The van der Waals surface area contributed by atoms with E-state index in [9.17, 15) is 9.59 Å². The molecule has 0 radical (unpaired) electrons. The van der Waals surface area contributed by atoms with Gasteiger partial charge in [-0.05, 0) is 54.6 Å². The number of nitrogens with one attached hydrogen (secondary N) is 2. The molecular weight excluding hydrogens is 380 g/mol. The van der Waals surface area contributed by atoms with Crippen LogP contribution in [0.3, 0.4) is 0 Å². The highest BCUT2D eigenvalue weighted by Crippen LogP contribution is 2.30. The van der Waals surface area contributed by atoms with Crippen molar-refractivity contribution in [3.63, 3.8) is 0 Å². The van der Waals surface area contributed by atoms with E-state index in [1.165, 1.54) is 0 Å².